The van der Waals surface area contributed by atoms with Crippen molar-refractivity contribution in [2.24, 2.45) is 5.92 Å². The molecule has 6 rings (SSSR count). The molecule has 54 heavy (non-hydrogen) atoms. The van der Waals surface area contributed by atoms with E-state index < -0.39 is 83.5 Å². The number of hydrogen-bond acceptors (Lipinski definition) is 9. The summed E-state index contributed by atoms with van der Waals surface area (Å²) in [7, 11) is 1.59. The van der Waals surface area contributed by atoms with Crippen molar-refractivity contribution in [2.75, 3.05) is 13.6 Å². The van der Waals surface area contributed by atoms with Crippen molar-refractivity contribution in [3.8, 4) is 5.75 Å². The van der Waals surface area contributed by atoms with Crippen molar-refractivity contribution >= 4 is 29.6 Å². The summed E-state index contributed by atoms with van der Waals surface area (Å²) in [5.74, 6) is -3.99. The predicted octanol–water partition coefficient (Wildman–Crippen LogP) is 1.62. The zero-order chi connectivity index (χ0) is 39.3. The minimum atomic E-state index is -4.61. The van der Waals surface area contributed by atoms with E-state index in [1.54, 1.807) is 58.3 Å². The zero-order valence-electron chi connectivity index (χ0n) is 30.1. The molecule has 6 bridgehead atoms. The third-order valence-electron chi connectivity index (χ3n) is 9.57. The van der Waals surface area contributed by atoms with Gasteiger partial charge in [0, 0.05) is 25.8 Å². The molecule has 15 nitrogen and oxygen atoms in total. The average Bonchev–Trinajstić information content (AvgIpc) is 3.79. The first kappa shape index (κ1) is 39.7. The molecule has 2 aromatic carbocycles. The Kier molecular flexibility index (Phi) is 12.2. The first-order valence-corrected chi connectivity index (χ1v) is 17.4. The Labute approximate surface area is 309 Å². The monoisotopic (exact) mass is 756 g/mol. The second kappa shape index (κ2) is 16.7. The number of nitrogens with zero attached hydrogens (tertiary/aromatic N) is 4. The first-order valence-electron chi connectivity index (χ1n) is 17.4. The lowest BCUT2D eigenvalue weighted by Crippen LogP contribution is -2.59. The number of nitrogens with one attached hydrogen (secondary N) is 4. The van der Waals surface area contributed by atoms with Crippen molar-refractivity contribution in [2.45, 2.75) is 89.1 Å². The lowest BCUT2D eigenvalue weighted by atomic mass is 10.0. The van der Waals surface area contributed by atoms with E-state index in [1.165, 1.54) is 21.7 Å². The molecular weight excluding hydrogens is 713 g/mol. The molecule has 1 aromatic heterocycles. The van der Waals surface area contributed by atoms with Gasteiger partial charge in [0.15, 0.2) is 0 Å². The number of ether oxygens (including phenoxy) is 1. The molecule has 3 aliphatic heterocycles. The summed E-state index contributed by atoms with van der Waals surface area (Å²) in [6.07, 6.45) is -3.42. The van der Waals surface area contributed by atoms with Crippen LogP contribution < -0.4 is 26.0 Å². The van der Waals surface area contributed by atoms with Gasteiger partial charge in [0.05, 0.1) is 23.8 Å². The van der Waals surface area contributed by atoms with E-state index in [9.17, 15) is 42.3 Å². The Bertz CT molecular complexity index is 1830. The Morgan fingerprint density at radius 1 is 1.02 bits per heavy atom. The summed E-state index contributed by atoms with van der Waals surface area (Å²) in [6, 6.07) is 4.20. The Morgan fingerprint density at radius 2 is 1.70 bits per heavy atom. The van der Waals surface area contributed by atoms with Crippen molar-refractivity contribution in [3.63, 3.8) is 0 Å². The van der Waals surface area contributed by atoms with Gasteiger partial charge in [0.2, 0.25) is 23.6 Å². The van der Waals surface area contributed by atoms with E-state index in [2.05, 4.69) is 31.6 Å². The maximum absolute atomic E-state index is 14.3. The van der Waals surface area contributed by atoms with E-state index in [4.69, 9.17) is 4.74 Å². The zero-order valence-corrected chi connectivity index (χ0v) is 30.1. The van der Waals surface area contributed by atoms with E-state index in [1.807, 2.05) is 0 Å². The fourth-order valence-electron chi connectivity index (χ4n) is 6.29. The molecule has 4 amide bonds. The maximum atomic E-state index is 14.3. The third kappa shape index (κ3) is 9.52. The largest absolute Gasteiger partial charge is 0.487 e. The normalized spacial score (nSPS) is 21.9. The van der Waals surface area contributed by atoms with E-state index in [0.717, 1.165) is 12.1 Å². The van der Waals surface area contributed by atoms with Gasteiger partial charge in [-0.25, -0.2) is 9.48 Å². The molecule has 0 saturated carbocycles. The number of likely N-dealkylation sites (tertiary alicyclic amines) is 1. The van der Waals surface area contributed by atoms with E-state index in [-0.39, 0.29) is 38.0 Å². The number of hydrogen-bond donors (Lipinski definition) is 5. The number of carbonyl (C=O) groups is 5. The lowest BCUT2D eigenvalue weighted by Gasteiger charge is -2.32. The number of carboxylic acids is 1. The molecule has 1 fully saturated rings. The predicted molar refractivity (Wildman–Crippen MR) is 186 cm³/mol. The van der Waals surface area contributed by atoms with Crippen LogP contribution in [0.1, 0.15) is 55.6 Å². The van der Waals surface area contributed by atoms with E-state index >= 15 is 0 Å². The molecule has 290 valence electrons. The van der Waals surface area contributed by atoms with Crippen molar-refractivity contribution < 1.29 is 47.0 Å². The second-order valence-electron chi connectivity index (χ2n) is 13.8. The molecular formula is C36H43F3N8O7. The first-order chi connectivity index (χ1) is 25.5. The number of amides is 4. The van der Waals surface area contributed by atoms with Crippen LogP contribution in [-0.2, 0) is 49.6 Å². The van der Waals surface area contributed by atoms with Gasteiger partial charge >= 0.3 is 12.1 Å². The van der Waals surface area contributed by atoms with Gasteiger partial charge in [-0.3, -0.25) is 19.2 Å². The van der Waals surface area contributed by atoms with Gasteiger partial charge < -0.3 is 36.0 Å². The Hall–Kier alpha value is -5.52. The SMILES string of the molecule is CNC(C)C(=O)NC(C(=O)N1CC2CC1C(=O)NC(Cc1ccc(C(F)(F)F)cc1)C(=O)NC(C(=O)O)Cc1ccc(cc1)OCc1cn2nn1)C(C)C. The highest BCUT2D eigenvalue weighted by Crippen LogP contribution is 2.31. The van der Waals surface area contributed by atoms with Crippen molar-refractivity contribution in [1.29, 1.82) is 0 Å². The Morgan fingerprint density at radius 3 is 2.31 bits per heavy atom. The van der Waals surface area contributed by atoms with Crippen LogP contribution in [0.5, 0.6) is 5.75 Å². The summed E-state index contributed by atoms with van der Waals surface area (Å²) < 4.78 is 47.3. The van der Waals surface area contributed by atoms with Gasteiger partial charge in [-0.2, -0.15) is 13.2 Å². The summed E-state index contributed by atoms with van der Waals surface area (Å²) in [5.41, 5.74) is 0.331. The van der Waals surface area contributed by atoms with Crippen molar-refractivity contribution in [1.82, 2.24) is 41.2 Å². The molecule has 0 aliphatic carbocycles. The number of carbonyl (C=O) groups excluding carboxylic acids is 4. The number of rotatable bonds is 8. The van der Waals surface area contributed by atoms with Crippen LogP contribution in [0.4, 0.5) is 13.2 Å². The summed E-state index contributed by atoms with van der Waals surface area (Å²) in [6.45, 7) is 5.11. The highest BCUT2D eigenvalue weighted by Gasteiger charge is 2.45. The number of benzene rings is 2. The Balaban J connectivity index is 1.53. The van der Waals surface area contributed by atoms with Gasteiger partial charge in [0.25, 0.3) is 0 Å². The van der Waals surface area contributed by atoms with Crippen LogP contribution in [0.15, 0.2) is 54.7 Å². The van der Waals surface area contributed by atoms with Crippen LogP contribution in [0, 0.1) is 5.92 Å². The lowest BCUT2D eigenvalue weighted by molar-refractivity contribution is -0.144. The standard InChI is InChI=1S/C36H43F3N8O7/c1-19(2)30(43-31(48)20(3)40-4)34(51)46-17-25-15-29(46)33(50)41-27(13-21-5-9-23(10-6-21)36(37,38)39)32(49)42-28(35(52)53)14-22-7-11-26(12-8-22)54-18-24-16-47(25)45-44-24/h5-12,16,19-20,25,27-30,40H,13-15,17-18H2,1-4H3,(H,41,50)(H,42,49)(H,43,48)(H,52,53). The second-order valence-corrected chi connectivity index (χ2v) is 13.8. The smallest absolute Gasteiger partial charge is 0.416 e. The number of halogens is 3. The number of likely N-dealkylation sites (N-methyl/N-ethyl adjacent to an activating group) is 1. The molecule has 3 aromatic rings. The van der Waals surface area contributed by atoms with Gasteiger partial charge in [0.1, 0.15) is 42.2 Å². The fourth-order valence-corrected chi connectivity index (χ4v) is 6.29. The average molecular weight is 757 g/mol. The van der Waals surface area contributed by atoms with Crippen molar-refractivity contribution in [3.05, 3.63) is 77.1 Å². The minimum absolute atomic E-state index is 0.0143. The topological polar surface area (TPSA) is 197 Å². The highest BCUT2D eigenvalue weighted by atomic mass is 19.4. The number of aromatic nitrogens is 3. The van der Waals surface area contributed by atoms with Crippen LogP contribution >= 0.6 is 0 Å². The van der Waals surface area contributed by atoms with Gasteiger partial charge in [-0.15, -0.1) is 5.10 Å². The molecule has 0 radical (unpaired) electrons. The molecule has 6 unspecified atom stereocenters. The van der Waals surface area contributed by atoms with Crippen LogP contribution in [0.25, 0.3) is 0 Å². The molecule has 18 heteroatoms. The quantitative estimate of drug-likeness (QED) is 0.225. The molecule has 0 spiro atoms. The van der Waals surface area contributed by atoms with Crippen LogP contribution in [0.2, 0.25) is 0 Å². The molecule has 6 atom stereocenters. The summed E-state index contributed by atoms with van der Waals surface area (Å²) in [4.78, 5) is 68.9. The third-order valence-corrected chi connectivity index (χ3v) is 9.57. The van der Waals surface area contributed by atoms with Crippen LogP contribution in [-0.4, -0.2) is 98.4 Å². The number of carboxylic acid groups (broad SMARTS) is 1. The van der Waals surface area contributed by atoms with E-state index in [0.29, 0.717) is 17.0 Å². The highest BCUT2D eigenvalue weighted by molar-refractivity contribution is 5.96. The summed E-state index contributed by atoms with van der Waals surface area (Å²) >= 11 is 0. The molecule has 4 heterocycles. The molecule has 5 N–H and O–H groups in total. The molecule has 3 aliphatic rings. The van der Waals surface area contributed by atoms with Gasteiger partial charge in [-0.1, -0.05) is 43.3 Å². The minimum Gasteiger partial charge on any atom is -0.487 e. The van der Waals surface area contributed by atoms with Gasteiger partial charge in [-0.05, 0) is 55.3 Å². The molecule has 1 saturated heterocycles. The summed E-state index contributed by atoms with van der Waals surface area (Å²) in [5, 5.41) is 29.2. The number of fused-ring (bicyclic) bond motifs is 9. The number of alkyl halides is 3. The number of aliphatic carboxylic acids is 1. The maximum Gasteiger partial charge on any atom is 0.416 e. The fraction of sp³-hybridized carbons (Fsp3) is 0.472. The van der Waals surface area contributed by atoms with Crippen LogP contribution in [0.3, 0.4) is 0 Å².